The number of quaternary nitrogens is 1. The first kappa shape index (κ1) is 21.8. The Balaban J connectivity index is 1.44. The van der Waals surface area contributed by atoms with Gasteiger partial charge in [0.15, 0.2) is 13.1 Å². The van der Waals surface area contributed by atoms with Crippen molar-refractivity contribution in [2.45, 2.75) is 13.3 Å². The van der Waals surface area contributed by atoms with Crippen molar-refractivity contribution in [3.63, 3.8) is 0 Å². The van der Waals surface area contributed by atoms with Crippen LogP contribution in [0.1, 0.15) is 12.5 Å². The van der Waals surface area contributed by atoms with Crippen LogP contribution in [0.3, 0.4) is 0 Å². The van der Waals surface area contributed by atoms with Crippen molar-refractivity contribution in [3.8, 4) is 0 Å². The van der Waals surface area contributed by atoms with Crippen molar-refractivity contribution in [3.05, 3.63) is 54.1 Å². The molecule has 160 valence electrons. The summed E-state index contributed by atoms with van der Waals surface area (Å²) in [7, 11) is 1.84. The van der Waals surface area contributed by atoms with Crippen molar-refractivity contribution in [2.24, 2.45) is 0 Å². The number of nitrogens with zero attached hydrogens (tertiary/aromatic N) is 1. The maximum Gasteiger partial charge on any atom is 0.279 e. The van der Waals surface area contributed by atoms with Gasteiger partial charge in [0.25, 0.3) is 11.8 Å². The van der Waals surface area contributed by atoms with Crippen molar-refractivity contribution < 1.29 is 19.2 Å². The number of ether oxygens (including phenoxy) is 1. The van der Waals surface area contributed by atoms with E-state index in [4.69, 9.17) is 4.74 Å². The number of carbonyl (C=O) groups excluding carboxylic acids is 2. The SMILES string of the molecule is CCc1cccc(NC(=O)C[NH+](C)CC(=O)Nc2ccc(N3CCOCC3)cc2)c1. The Kier molecular flexibility index (Phi) is 7.82. The average molecular weight is 412 g/mol. The highest BCUT2D eigenvalue weighted by Gasteiger charge is 2.15. The third kappa shape index (κ3) is 6.57. The minimum Gasteiger partial charge on any atom is -0.378 e. The predicted molar refractivity (Wildman–Crippen MR) is 119 cm³/mol. The number of morpholine rings is 1. The minimum atomic E-state index is -0.118. The molecule has 1 saturated heterocycles. The van der Waals surface area contributed by atoms with Gasteiger partial charge in [0.2, 0.25) is 0 Å². The second kappa shape index (κ2) is 10.8. The summed E-state index contributed by atoms with van der Waals surface area (Å²) in [5, 5.41) is 5.81. The molecule has 1 aliphatic rings. The third-order valence-electron chi connectivity index (χ3n) is 5.07. The van der Waals surface area contributed by atoms with Gasteiger partial charge in [0.05, 0.1) is 20.3 Å². The third-order valence-corrected chi connectivity index (χ3v) is 5.07. The summed E-state index contributed by atoms with van der Waals surface area (Å²) < 4.78 is 5.38. The molecule has 7 nitrogen and oxygen atoms in total. The van der Waals surface area contributed by atoms with E-state index in [0.29, 0.717) is 0 Å². The van der Waals surface area contributed by atoms with Crippen LogP contribution in [0, 0.1) is 0 Å². The molecule has 30 heavy (non-hydrogen) atoms. The molecule has 1 fully saturated rings. The maximum absolute atomic E-state index is 12.3. The molecular weight excluding hydrogens is 380 g/mol. The largest absolute Gasteiger partial charge is 0.378 e. The Bertz CT molecular complexity index is 848. The van der Waals surface area contributed by atoms with Gasteiger partial charge in [-0.1, -0.05) is 19.1 Å². The lowest BCUT2D eigenvalue weighted by Gasteiger charge is -2.28. The minimum absolute atomic E-state index is 0.108. The Labute approximate surface area is 178 Å². The number of nitrogens with one attached hydrogen (secondary N) is 3. The zero-order chi connectivity index (χ0) is 21.3. The van der Waals surface area contributed by atoms with Crippen LogP contribution in [0.15, 0.2) is 48.5 Å². The number of benzene rings is 2. The summed E-state index contributed by atoms with van der Waals surface area (Å²) in [6.07, 6.45) is 0.919. The van der Waals surface area contributed by atoms with Crippen LogP contribution in [-0.2, 0) is 20.7 Å². The van der Waals surface area contributed by atoms with Crippen molar-refractivity contribution >= 4 is 28.9 Å². The Morgan fingerprint density at radius 2 is 1.60 bits per heavy atom. The second-order valence-electron chi connectivity index (χ2n) is 7.61. The Hall–Kier alpha value is -2.90. The molecule has 1 atom stereocenters. The molecule has 2 amide bonds. The number of hydrogen-bond acceptors (Lipinski definition) is 4. The number of amides is 2. The lowest BCUT2D eigenvalue weighted by atomic mass is 10.1. The molecule has 0 radical (unpaired) electrons. The molecule has 0 saturated carbocycles. The van der Waals surface area contributed by atoms with E-state index in [1.54, 1.807) is 0 Å². The van der Waals surface area contributed by atoms with E-state index in [0.717, 1.165) is 54.7 Å². The van der Waals surface area contributed by atoms with Gasteiger partial charge < -0.3 is 25.2 Å². The van der Waals surface area contributed by atoms with E-state index in [9.17, 15) is 9.59 Å². The zero-order valence-corrected chi connectivity index (χ0v) is 17.7. The van der Waals surface area contributed by atoms with E-state index in [1.165, 1.54) is 5.56 Å². The van der Waals surface area contributed by atoms with Crippen LogP contribution in [0.5, 0.6) is 0 Å². The van der Waals surface area contributed by atoms with E-state index < -0.39 is 0 Å². The van der Waals surface area contributed by atoms with Crippen molar-refractivity contribution in [2.75, 3.05) is 62.0 Å². The van der Waals surface area contributed by atoms with Crippen LogP contribution in [0.25, 0.3) is 0 Å². The molecule has 2 aromatic rings. The number of aryl methyl sites for hydroxylation is 1. The molecule has 0 spiro atoms. The fourth-order valence-electron chi connectivity index (χ4n) is 3.47. The fraction of sp³-hybridized carbons (Fsp3) is 0.391. The van der Waals surface area contributed by atoms with Gasteiger partial charge in [-0.25, -0.2) is 0 Å². The van der Waals surface area contributed by atoms with Crippen LogP contribution >= 0.6 is 0 Å². The molecule has 0 aliphatic carbocycles. The number of likely N-dealkylation sites (N-methyl/N-ethyl adjacent to an activating group) is 1. The summed E-state index contributed by atoms with van der Waals surface area (Å²) in [6.45, 7) is 5.76. The average Bonchev–Trinajstić information content (AvgIpc) is 2.74. The van der Waals surface area contributed by atoms with Crippen LogP contribution in [0.2, 0.25) is 0 Å². The normalized spacial score (nSPS) is 14.8. The first-order valence-electron chi connectivity index (χ1n) is 10.5. The van der Waals surface area contributed by atoms with Gasteiger partial charge in [-0.15, -0.1) is 0 Å². The molecule has 0 aromatic heterocycles. The summed E-state index contributed by atoms with van der Waals surface area (Å²) in [6, 6.07) is 15.6. The van der Waals surface area contributed by atoms with Crippen LogP contribution in [-0.4, -0.2) is 58.3 Å². The highest BCUT2D eigenvalue weighted by molar-refractivity contribution is 5.93. The van der Waals surface area contributed by atoms with Gasteiger partial charge in [-0.05, 0) is 48.4 Å². The first-order chi connectivity index (χ1) is 14.5. The lowest BCUT2D eigenvalue weighted by Crippen LogP contribution is -3.11. The Morgan fingerprint density at radius 1 is 0.967 bits per heavy atom. The summed E-state index contributed by atoms with van der Waals surface area (Å²) in [5.41, 5.74) is 3.85. The predicted octanol–water partition coefficient (Wildman–Crippen LogP) is 1.18. The van der Waals surface area contributed by atoms with E-state index >= 15 is 0 Å². The summed E-state index contributed by atoms with van der Waals surface area (Å²) in [4.78, 5) is 27.7. The van der Waals surface area contributed by atoms with Gasteiger partial charge in [0.1, 0.15) is 0 Å². The van der Waals surface area contributed by atoms with Gasteiger partial charge in [0, 0.05) is 30.2 Å². The monoisotopic (exact) mass is 411 g/mol. The molecule has 3 N–H and O–H groups in total. The van der Waals surface area contributed by atoms with E-state index in [2.05, 4.69) is 22.5 Å². The van der Waals surface area contributed by atoms with Crippen LogP contribution in [0.4, 0.5) is 17.1 Å². The molecule has 2 aromatic carbocycles. The van der Waals surface area contributed by atoms with Crippen molar-refractivity contribution in [1.82, 2.24) is 0 Å². The van der Waals surface area contributed by atoms with Gasteiger partial charge in [-0.2, -0.15) is 0 Å². The number of hydrogen-bond donors (Lipinski definition) is 3. The smallest absolute Gasteiger partial charge is 0.279 e. The molecule has 1 unspecified atom stereocenters. The molecule has 1 aliphatic heterocycles. The fourth-order valence-corrected chi connectivity index (χ4v) is 3.47. The number of carbonyl (C=O) groups is 2. The van der Waals surface area contributed by atoms with E-state index in [-0.39, 0.29) is 24.9 Å². The molecule has 3 rings (SSSR count). The molecular formula is C23H31N4O3+. The molecule has 7 heteroatoms. The summed E-state index contributed by atoms with van der Waals surface area (Å²) in [5.74, 6) is -0.226. The number of rotatable bonds is 8. The first-order valence-corrected chi connectivity index (χ1v) is 10.5. The highest BCUT2D eigenvalue weighted by atomic mass is 16.5. The lowest BCUT2D eigenvalue weighted by molar-refractivity contribution is -0.862. The van der Waals surface area contributed by atoms with Crippen molar-refractivity contribution in [1.29, 1.82) is 0 Å². The highest BCUT2D eigenvalue weighted by Crippen LogP contribution is 2.18. The van der Waals surface area contributed by atoms with Gasteiger partial charge in [-0.3, -0.25) is 9.59 Å². The summed E-state index contributed by atoms with van der Waals surface area (Å²) >= 11 is 0. The number of anilines is 3. The van der Waals surface area contributed by atoms with Gasteiger partial charge >= 0.3 is 0 Å². The second-order valence-corrected chi connectivity index (χ2v) is 7.61. The van der Waals surface area contributed by atoms with Crippen LogP contribution < -0.4 is 20.4 Å². The molecule has 0 bridgehead atoms. The standard InChI is InChI=1S/C23H30N4O3/c1-3-18-5-4-6-20(15-18)25-23(29)17-26(2)16-22(28)24-19-7-9-21(10-8-19)27-11-13-30-14-12-27/h4-10,15H,3,11-14,16-17H2,1-2H3,(H,24,28)(H,25,29)/p+1. The maximum atomic E-state index is 12.3. The Morgan fingerprint density at radius 3 is 2.23 bits per heavy atom. The quantitative estimate of drug-likeness (QED) is 0.610. The molecule has 1 heterocycles. The van der Waals surface area contributed by atoms with E-state index in [1.807, 2.05) is 55.6 Å². The topological polar surface area (TPSA) is 75.1 Å². The zero-order valence-electron chi connectivity index (χ0n) is 17.7.